The standard InChI is InChI=1S/C9H19NO2/c1-10(2)9(6-11)7-3-4-8(12)5-7/h7-9,11-12H,3-6H2,1-2H3. The molecular weight excluding hydrogens is 154 g/mol. The van der Waals surface area contributed by atoms with E-state index >= 15 is 0 Å². The summed E-state index contributed by atoms with van der Waals surface area (Å²) in [7, 11) is 3.96. The van der Waals surface area contributed by atoms with Gasteiger partial charge in [-0.2, -0.15) is 0 Å². The maximum absolute atomic E-state index is 9.33. The fourth-order valence-electron chi connectivity index (χ4n) is 2.08. The zero-order valence-electron chi connectivity index (χ0n) is 7.90. The van der Waals surface area contributed by atoms with Crippen molar-refractivity contribution in [1.29, 1.82) is 0 Å². The van der Waals surface area contributed by atoms with Crippen LogP contribution in [0.4, 0.5) is 0 Å². The number of hydrogen-bond acceptors (Lipinski definition) is 3. The van der Waals surface area contributed by atoms with Crippen LogP contribution in [0.5, 0.6) is 0 Å². The van der Waals surface area contributed by atoms with E-state index in [-0.39, 0.29) is 18.8 Å². The Bertz CT molecular complexity index is 138. The number of likely N-dealkylation sites (N-methyl/N-ethyl adjacent to an activating group) is 1. The predicted molar refractivity (Wildman–Crippen MR) is 47.9 cm³/mol. The highest BCUT2D eigenvalue weighted by Crippen LogP contribution is 2.29. The van der Waals surface area contributed by atoms with Crippen LogP contribution in [0.3, 0.4) is 0 Å². The number of aliphatic hydroxyl groups is 2. The smallest absolute Gasteiger partial charge is 0.0589 e. The maximum atomic E-state index is 9.33. The molecule has 2 N–H and O–H groups in total. The van der Waals surface area contributed by atoms with Crippen molar-refractivity contribution in [3.63, 3.8) is 0 Å². The van der Waals surface area contributed by atoms with Crippen molar-refractivity contribution in [2.45, 2.75) is 31.4 Å². The summed E-state index contributed by atoms with van der Waals surface area (Å²) in [5, 5.41) is 18.4. The van der Waals surface area contributed by atoms with Gasteiger partial charge in [0.05, 0.1) is 12.7 Å². The minimum atomic E-state index is -0.135. The molecule has 3 atom stereocenters. The minimum Gasteiger partial charge on any atom is -0.395 e. The maximum Gasteiger partial charge on any atom is 0.0589 e. The molecule has 12 heavy (non-hydrogen) atoms. The van der Waals surface area contributed by atoms with E-state index in [1.807, 2.05) is 19.0 Å². The van der Waals surface area contributed by atoms with Crippen LogP contribution in [0.2, 0.25) is 0 Å². The Kier molecular flexibility index (Phi) is 3.50. The number of hydrogen-bond donors (Lipinski definition) is 2. The van der Waals surface area contributed by atoms with Gasteiger partial charge >= 0.3 is 0 Å². The van der Waals surface area contributed by atoms with E-state index in [9.17, 15) is 5.11 Å². The molecule has 0 amide bonds. The fraction of sp³-hybridized carbons (Fsp3) is 1.00. The predicted octanol–water partition coefficient (Wildman–Crippen LogP) is 0.0699. The minimum absolute atomic E-state index is 0.135. The Labute approximate surface area is 74.0 Å². The summed E-state index contributed by atoms with van der Waals surface area (Å²) in [5.41, 5.74) is 0. The summed E-state index contributed by atoms with van der Waals surface area (Å²) in [5.74, 6) is 0.472. The van der Waals surface area contributed by atoms with E-state index in [1.165, 1.54) is 0 Å². The molecule has 0 radical (unpaired) electrons. The molecule has 1 aliphatic carbocycles. The van der Waals surface area contributed by atoms with Crippen LogP contribution in [0.15, 0.2) is 0 Å². The second-order valence-electron chi connectivity index (χ2n) is 3.94. The average Bonchev–Trinajstić information content (AvgIpc) is 2.37. The van der Waals surface area contributed by atoms with Crippen molar-refractivity contribution in [3.05, 3.63) is 0 Å². The van der Waals surface area contributed by atoms with Crippen molar-refractivity contribution in [1.82, 2.24) is 4.90 Å². The molecular formula is C9H19NO2. The molecule has 1 saturated carbocycles. The summed E-state index contributed by atoms with van der Waals surface area (Å²) in [6, 6.07) is 0.224. The van der Waals surface area contributed by atoms with Crippen LogP contribution in [0.25, 0.3) is 0 Å². The molecule has 1 aliphatic rings. The quantitative estimate of drug-likeness (QED) is 0.635. The summed E-state index contributed by atoms with van der Waals surface area (Å²) < 4.78 is 0. The van der Waals surface area contributed by atoms with Gasteiger partial charge in [-0.3, -0.25) is 0 Å². The van der Waals surface area contributed by atoms with Crippen molar-refractivity contribution in [2.24, 2.45) is 5.92 Å². The van der Waals surface area contributed by atoms with Crippen molar-refractivity contribution in [2.75, 3.05) is 20.7 Å². The highest BCUT2D eigenvalue weighted by molar-refractivity contribution is 4.83. The second kappa shape index (κ2) is 4.21. The summed E-state index contributed by atoms with van der Waals surface area (Å²) in [4.78, 5) is 2.04. The Morgan fingerprint density at radius 1 is 1.42 bits per heavy atom. The molecule has 1 rings (SSSR count). The van der Waals surface area contributed by atoms with Crippen LogP contribution >= 0.6 is 0 Å². The average molecular weight is 173 g/mol. The molecule has 3 heteroatoms. The van der Waals surface area contributed by atoms with Gasteiger partial charge in [0.25, 0.3) is 0 Å². The van der Waals surface area contributed by atoms with Gasteiger partial charge < -0.3 is 15.1 Å². The van der Waals surface area contributed by atoms with Gasteiger partial charge in [0.2, 0.25) is 0 Å². The third-order valence-electron chi connectivity index (χ3n) is 2.84. The van der Waals surface area contributed by atoms with Gasteiger partial charge in [-0.1, -0.05) is 0 Å². The van der Waals surface area contributed by atoms with E-state index in [2.05, 4.69) is 0 Å². The molecule has 0 spiro atoms. The molecule has 72 valence electrons. The molecule has 0 heterocycles. The molecule has 0 aliphatic heterocycles. The largest absolute Gasteiger partial charge is 0.395 e. The third-order valence-corrected chi connectivity index (χ3v) is 2.84. The highest BCUT2D eigenvalue weighted by Gasteiger charge is 2.30. The number of rotatable bonds is 3. The van der Waals surface area contributed by atoms with Crippen LogP contribution in [-0.2, 0) is 0 Å². The van der Waals surface area contributed by atoms with Crippen LogP contribution < -0.4 is 0 Å². The Balaban J connectivity index is 2.44. The Morgan fingerprint density at radius 3 is 2.42 bits per heavy atom. The molecule has 0 saturated heterocycles. The zero-order valence-corrected chi connectivity index (χ0v) is 7.90. The van der Waals surface area contributed by atoms with Gasteiger partial charge in [-0.25, -0.2) is 0 Å². The first kappa shape index (κ1) is 9.96. The van der Waals surface area contributed by atoms with Crippen LogP contribution in [0.1, 0.15) is 19.3 Å². The van der Waals surface area contributed by atoms with Gasteiger partial charge in [-0.15, -0.1) is 0 Å². The first-order valence-electron chi connectivity index (χ1n) is 4.60. The molecule has 0 aromatic heterocycles. The van der Waals surface area contributed by atoms with Gasteiger partial charge in [0.1, 0.15) is 0 Å². The van der Waals surface area contributed by atoms with E-state index in [1.54, 1.807) is 0 Å². The summed E-state index contributed by atoms with van der Waals surface area (Å²) in [6.45, 7) is 0.199. The Morgan fingerprint density at radius 2 is 2.08 bits per heavy atom. The monoisotopic (exact) mass is 173 g/mol. The third kappa shape index (κ3) is 2.19. The Hall–Kier alpha value is -0.120. The van der Waals surface area contributed by atoms with E-state index in [4.69, 9.17) is 5.11 Å². The lowest BCUT2D eigenvalue weighted by molar-refractivity contribution is 0.110. The van der Waals surface area contributed by atoms with Gasteiger partial charge in [-0.05, 0) is 39.3 Å². The fourth-order valence-corrected chi connectivity index (χ4v) is 2.08. The lowest BCUT2D eigenvalue weighted by atomic mass is 9.98. The first-order chi connectivity index (χ1) is 5.65. The van der Waals surface area contributed by atoms with Gasteiger partial charge in [0, 0.05) is 6.04 Å². The molecule has 0 aromatic carbocycles. The lowest BCUT2D eigenvalue weighted by Crippen LogP contribution is -2.37. The summed E-state index contributed by atoms with van der Waals surface area (Å²) in [6.07, 6.45) is 2.66. The van der Waals surface area contributed by atoms with Crippen molar-refractivity contribution < 1.29 is 10.2 Å². The molecule has 3 nitrogen and oxygen atoms in total. The normalized spacial score (nSPS) is 32.8. The molecule has 0 bridgehead atoms. The second-order valence-corrected chi connectivity index (χ2v) is 3.94. The molecule has 0 aromatic rings. The van der Waals surface area contributed by atoms with Crippen molar-refractivity contribution in [3.8, 4) is 0 Å². The summed E-state index contributed by atoms with van der Waals surface area (Å²) >= 11 is 0. The number of nitrogens with zero attached hydrogens (tertiary/aromatic N) is 1. The number of aliphatic hydroxyl groups excluding tert-OH is 2. The van der Waals surface area contributed by atoms with Crippen LogP contribution in [0, 0.1) is 5.92 Å². The van der Waals surface area contributed by atoms with E-state index in [0.717, 1.165) is 19.3 Å². The topological polar surface area (TPSA) is 43.7 Å². The highest BCUT2D eigenvalue weighted by atomic mass is 16.3. The molecule has 3 unspecified atom stereocenters. The van der Waals surface area contributed by atoms with E-state index < -0.39 is 0 Å². The zero-order chi connectivity index (χ0) is 9.14. The molecule has 1 fully saturated rings. The first-order valence-corrected chi connectivity index (χ1v) is 4.60. The van der Waals surface area contributed by atoms with E-state index in [0.29, 0.717) is 5.92 Å². The van der Waals surface area contributed by atoms with Crippen molar-refractivity contribution >= 4 is 0 Å². The van der Waals surface area contributed by atoms with Crippen LogP contribution in [-0.4, -0.2) is 48.0 Å². The SMILES string of the molecule is CN(C)C(CO)C1CCC(O)C1. The lowest BCUT2D eigenvalue weighted by Gasteiger charge is -2.27. The van der Waals surface area contributed by atoms with Gasteiger partial charge in [0.15, 0.2) is 0 Å².